The number of benzene rings is 2. The third-order valence-electron chi connectivity index (χ3n) is 5.02. The van der Waals surface area contributed by atoms with Crippen LogP contribution in [-0.4, -0.2) is 44.0 Å². The number of phenolic OH excluding ortho intramolecular Hbond substituents is 1. The van der Waals surface area contributed by atoms with E-state index in [2.05, 4.69) is 4.90 Å². The first-order chi connectivity index (χ1) is 12.1. The van der Waals surface area contributed by atoms with Crippen molar-refractivity contribution >= 4 is 11.2 Å². The number of rotatable bonds is 5. The highest BCUT2D eigenvalue weighted by Gasteiger charge is 2.33. The molecule has 0 bridgehead atoms. The van der Waals surface area contributed by atoms with Crippen molar-refractivity contribution in [3.63, 3.8) is 0 Å². The van der Waals surface area contributed by atoms with E-state index in [4.69, 9.17) is 0 Å². The van der Waals surface area contributed by atoms with E-state index in [0.29, 0.717) is 0 Å². The number of phenols is 1. The second-order valence-corrected chi connectivity index (χ2v) is 8.36. The Kier molecular flexibility index (Phi) is 6.02. The first-order valence-corrected chi connectivity index (χ1v) is 9.94. The average Bonchev–Trinajstić information content (AvgIpc) is 2.67. The van der Waals surface area contributed by atoms with Crippen LogP contribution in [0.5, 0.6) is 5.75 Å². The molecular formula is C20H25NO3S. The highest BCUT2D eigenvalue weighted by Crippen LogP contribution is 2.29. The third kappa shape index (κ3) is 4.36. The number of hydrogen-bond acceptors (Lipinski definition) is 4. The maximum absolute atomic E-state index is 12.7. The number of nitrogens with zero attached hydrogens (tertiary/aromatic N) is 1. The first kappa shape index (κ1) is 18.3. The van der Waals surface area contributed by atoms with E-state index in [0.717, 1.165) is 36.4 Å². The SMILES string of the molecule is CC(C(O)c1ccc(O)cc1)N1CCC([S+]([O-])c2ccccc2)CC1. The summed E-state index contributed by atoms with van der Waals surface area (Å²) in [6, 6.07) is 16.4. The number of hydrogen-bond donors (Lipinski definition) is 2. The Morgan fingerprint density at radius 1 is 1.04 bits per heavy atom. The zero-order valence-corrected chi connectivity index (χ0v) is 15.2. The topological polar surface area (TPSA) is 66.8 Å². The van der Waals surface area contributed by atoms with Crippen LogP contribution in [0.1, 0.15) is 31.4 Å². The van der Waals surface area contributed by atoms with Crippen LogP contribution >= 0.6 is 0 Å². The lowest BCUT2D eigenvalue weighted by Crippen LogP contribution is -2.45. The van der Waals surface area contributed by atoms with E-state index in [9.17, 15) is 14.8 Å². The summed E-state index contributed by atoms with van der Waals surface area (Å²) in [6.07, 6.45) is 1.14. The van der Waals surface area contributed by atoms with Gasteiger partial charge in [-0.3, -0.25) is 4.90 Å². The van der Waals surface area contributed by atoms with Crippen molar-refractivity contribution in [2.24, 2.45) is 0 Å². The molecule has 2 aromatic carbocycles. The van der Waals surface area contributed by atoms with E-state index in [-0.39, 0.29) is 17.0 Å². The predicted molar refractivity (Wildman–Crippen MR) is 100.0 cm³/mol. The molecule has 0 aromatic heterocycles. The summed E-state index contributed by atoms with van der Waals surface area (Å²) in [6.45, 7) is 3.69. The fourth-order valence-corrected chi connectivity index (χ4v) is 4.84. The number of aromatic hydroxyl groups is 1. The van der Waals surface area contributed by atoms with E-state index in [1.165, 1.54) is 0 Å². The minimum absolute atomic E-state index is 0.0179. The van der Waals surface area contributed by atoms with Gasteiger partial charge in [-0.1, -0.05) is 30.3 Å². The molecule has 1 fully saturated rings. The second kappa shape index (κ2) is 8.23. The fourth-order valence-electron chi connectivity index (χ4n) is 3.39. The number of aliphatic hydroxyl groups is 1. The summed E-state index contributed by atoms with van der Waals surface area (Å²) < 4.78 is 12.7. The molecule has 25 heavy (non-hydrogen) atoms. The molecule has 0 saturated carbocycles. The van der Waals surface area contributed by atoms with Crippen molar-refractivity contribution in [3.8, 4) is 5.75 Å². The lowest BCUT2D eigenvalue weighted by Gasteiger charge is -2.38. The van der Waals surface area contributed by atoms with Crippen LogP contribution < -0.4 is 0 Å². The molecule has 0 radical (unpaired) electrons. The maximum Gasteiger partial charge on any atom is 0.152 e. The highest BCUT2D eigenvalue weighted by molar-refractivity contribution is 7.92. The lowest BCUT2D eigenvalue weighted by molar-refractivity contribution is 0.0476. The monoisotopic (exact) mass is 359 g/mol. The summed E-state index contributed by atoms with van der Waals surface area (Å²) in [4.78, 5) is 3.16. The average molecular weight is 359 g/mol. The smallest absolute Gasteiger partial charge is 0.152 e. The standard InChI is InChI=1S/C20H25NO3S/c1-15(20(23)16-7-9-17(22)10-8-16)21-13-11-19(12-14-21)25(24)18-5-3-2-4-6-18/h2-10,15,19-20,22-23H,11-14H2,1H3. The minimum Gasteiger partial charge on any atom is -0.611 e. The molecule has 2 aromatic rings. The molecule has 3 atom stereocenters. The van der Waals surface area contributed by atoms with Gasteiger partial charge in [0.15, 0.2) is 4.90 Å². The van der Waals surface area contributed by atoms with Gasteiger partial charge in [-0.25, -0.2) is 0 Å². The zero-order valence-electron chi connectivity index (χ0n) is 14.4. The van der Waals surface area contributed by atoms with Crippen molar-refractivity contribution in [1.82, 2.24) is 4.90 Å². The van der Waals surface area contributed by atoms with Gasteiger partial charge in [0.05, 0.1) is 6.10 Å². The molecule has 1 saturated heterocycles. The Bertz CT molecular complexity index is 656. The van der Waals surface area contributed by atoms with E-state index < -0.39 is 17.3 Å². The van der Waals surface area contributed by atoms with Gasteiger partial charge < -0.3 is 14.8 Å². The van der Waals surface area contributed by atoms with Crippen LogP contribution in [0.25, 0.3) is 0 Å². The van der Waals surface area contributed by atoms with E-state index in [1.54, 1.807) is 24.3 Å². The van der Waals surface area contributed by atoms with Crippen LogP contribution in [0.15, 0.2) is 59.5 Å². The quantitative estimate of drug-likeness (QED) is 0.805. The van der Waals surface area contributed by atoms with Gasteiger partial charge in [0.2, 0.25) is 0 Å². The number of likely N-dealkylation sites (tertiary alicyclic amines) is 1. The van der Waals surface area contributed by atoms with Crippen LogP contribution in [0.3, 0.4) is 0 Å². The van der Waals surface area contributed by atoms with Crippen molar-refractivity contribution in [1.29, 1.82) is 0 Å². The van der Waals surface area contributed by atoms with Crippen LogP contribution in [0, 0.1) is 0 Å². The normalized spacial score (nSPS) is 20.1. The van der Waals surface area contributed by atoms with Crippen LogP contribution in [0.2, 0.25) is 0 Å². The third-order valence-corrected chi connectivity index (χ3v) is 6.84. The van der Waals surface area contributed by atoms with Gasteiger partial charge in [0, 0.05) is 32.0 Å². The molecular weight excluding hydrogens is 334 g/mol. The van der Waals surface area contributed by atoms with Crippen LogP contribution in [-0.2, 0) is 11.2 Å². The van der Waals surface area contributed by atoms with Gasteiger partial charge in [0.1, 0.15) is 11.0 Å². The lowest BCUT2D eigenvalue weighted by atomic mass is 9.99. The summed E-state index contributed by atoms with van der Waals surface area (Å²) in [5.41, 5.74) is 0.806. The van der Waals surface area contributed by atoms with Crippen molar-refractivity contribution in [2.45, 2.75) is 42.1 Å². The minimum atomic E-state index is -0.964. The largest absolute Gasteiger partial charge is 0.611 e. The zero-order chi connectivity index (χ0) is 17.8. The molecule has 5 heteroatoms. The van der Waals surface area contributed by atoms with Gasteiger partial charge in [0.25, 0.3) is 0 Å². The molecule has 0 spiro atoms. The Morgan fingerprint density at radius 2 is 1.64 bits per heavy atom. The molecule has 1 aliphatic heterocycles. The maximum atomic E-state index is 12.7. The van der Waals surface area contributed by atoms with Crippen molar-refractivity contribution in [2.75, 3.05) is 13.1 Å². The Labute approximate surface area is 152 Å². The van der Waals surface area contributed by atoms with Gasteiger partial charge in [-0.05, 0) is 47.9 Å². The number of piperidine rings is 1. The summed E-state index contributed by atoms with van der Waals surface area (Å²) >= 11 is -0.964. The molecule has 134 valence electrons. The molecule has 4 nitrogen and oxygen atoms in total. The van der Waals surface area contributed by atoms with Gasteiger partial charge in [-0.15, -0.1) is 0 Å². The Hall–Kier alpha value is -1.53. The number of aliphatic hydroxyl groups excluding tert-OH is 1. The predicted octanol–water partition coefficient (Wildman–Crippen LogP) is 3.09. The molecule has 0 amide bonds. The molecule has 1 heterocycles. The van der Waals surface area contributed by atoms with E-state index in [1.807, 2.05) is 37.3 Å². The fraction of sp³-hybridized carbons (Fsp3) is 0.400. The van der Waals surface area contributed by atoms with E-state index >= 15 is 0 Å². The second-order valence-electron chi connectivity index (χ2n) is 6.62. The summed E-state index contributed by atoms with van der Waals surface area (Å²) in [7, 11) is 0. The van der Waals surface area contributed by atoms with Crippen molar-refractivity contribution < 1.29 is 14.8 Å². The summed E-state index contributed by atoms with van der Waals surface area (Å²) in [5, 5.41) is 20.2. The molecule has 3 unspecified atom stereocenters. The summed E-state index contributed by atoms with van der Waals surface area (Å²) in [5.74, 6) is 0.202. The Balaban J connectivity index is 1.57. The highest BCUT2D eigenvalue weighted by atomic mass is 32.2. The molecule has 3 rings (SSSR count). The van der Waals surface area contributed by atoms with Crippen LogP contribution in [0.4, 0.5) is 0 Å². The molecule has 1 aliphatic rings. The molecule has 2 N–H and O–H groups in total. The molecule has 0 aliphatic carbocycles. The van der Waals surface area contributed by atoms with Gasteiger partial charge >= 0.3 is 0 Å². The Morgan fingerprint density at radius 3 is 2.24 bits per heavy atom. The van der Waals surface area contributed by atoms with Crippen molar-refractivity contribution in [3.05, 3.63) is 60.2 Å². The van der Waals surface area contributed by atoms with Gasteiger partial charge in [-0.2, -0.15) is 0 Å². The first-order valence-electron chi connectivity index (χ1n) is 8.73.